The Hall–Kier alpha value is -1.07. The minimum Gasteiger partial charge on any atom is -0.478 e. The number of rotatable bonds is 7. The van der Waals surface area contributed by atoms with E-state index in [0.29, 0.717) is 25.4 Å². The number of anilines is 1. The van der Waals surface area contributed by atoms with E-state index in [2.05, 4.69) is 21.2 Å². The van der Waals surface area contributed by atoms with Crippen LogP contribution in [0.25, 0.3) is 0 Å². The Morgan fingerprint density at radius 1 is 1.53 bits per heavy atom. The number of benzene rings is 1. The van der Waals surface area contributed by atoms with Crippen molar-refractivity contribution in [2.75, 3.05) is 25.1 Å². The smallest absolute Gasteiger partial charge is 0.337 e. The van der Waals surface area contributed by atoms with Crippen LogP contribution in [0.5, 0.6) is 0 Å². The van der Waals surface area contributed by atoms with E-state index in [-0.39, 0.29) is 5.56 Å². The average Bonchev–Trinajstić information content (AvgIpc) is 2.30. The van der Waals surface area contributed by atoms with Gasteiger partial charge >= 0.3 is 5.97 Å². The number of carboxylic acids is 1. The number of ether oxygens (including phenoxy) is 1. The lowest BCUT2D eigenvalue weighted by molar-refractivity contribution is 0.0698. The summed E-state index contributed by atoms with van der Waals surface area (Å²) in [5, 5.41) is 12.1. The average molecular weight is 302 g/mol. The van der Waals surface area contributed by atoms with E-state index in [1.807, 2.05) is 13.0 Å². The topological polar surface area (TPSA) is 58.6 Å². The number of nitrogens with one attached hydrogen (secondary N) is 1. The molecule has 1 aromatic rings. The summed E-state index contributed by atoms with van der Waals surface area (Å²) in [5.74, 6) is -0.932. The third-order valence-corrected chi connectivity index (χ3v) is 2.69. The summed E-state index contributed by atoms with van der Waals surface area (Å²) >= 11 is 3.26. The van der Waals surface area contributed by atoms with Crippen molar-refractivity contribution in [2.45, 2.75) is 13.3 Å². The molecular formula is C12H16BrNO3. The lowest BCUT2D eigenvalue weighted by Gasteiger charge is -2.09. The Morgan fingerprint density at radius 3 is 2.94 bits per heavy atom. The predicted molar refractivity (Wildman–Crippen MR) is 70.7 cm³/mol. The highest BCUT2D eigenvalue weighted by Crippen LogP contribution is 2.21. The zero-order valence-corrected chi connectivity index (χ0v) is 11.3. The molecule has 0 atom stereocenters. The zero-order chi connectivity index (χ0) is 12.7. The zero-order valence-electron chi connectivity index (χ0n) is 9.70. The van der Waals surface area contributed by atoms with E-state index < -0.39 is 5.97 Å². The molecule has 0 aliphatic heterocycles. The van der Waals surface area contributed by atoms with Crippen molar-refractivity contribution in [1.82, 2.24) is 0 Å². The van der Waals surface area contributed by atoms with Gasteiger partial charge in [-0.3, -0.25) is 0 Å². The van der Waals surface area contributed by atoms with Crippen molar-refractivity contribution < 1.29 is 14.6 Å². The number of aromatic carboxylic acids is 1. The molecule has 0 aromatic heterocycles. The molecule has 0 bridgehead atoms. The van der Waals surface area contributed by atoms with Crippen molar-refractivity contribution in [3.05, 3.63) is 28.2 Å². The highest BCUT2D eigenvalue weighted by molar-refractivity contribution is 9.10. The number of carbonyl (C=O) groups is 1. The fourth-order valence-electron chi connectivity index (χ4n) is 1.39. The Balaban J connectivity index is 2.55. The van der Waals surface area contributed by atoms with Crippen LogP contribution in [0.1, 0.15) is 23.7 Å². The fraction of sp³-hybridized carbons (Fsp3) is 0.417. The number of carboxylic acid groups (broad SMARTS) is 1. The second-order valence-corrected chi connectivity index (χ2v) is 4.39. The van der Waals surface area contributed by atoms with Crippen molar-refractivity contribution in [2.24, 2.45) is 0 Å². The van der Waals surface area contributed by atoms with Gasteiger partial charge in [0.25, 0.3) is 0 Å². The van der Waals surface area contributed by atoms with Crippen LogP contribution < -0.4 is 5.32 Å². The first-order valence-electron chi connectivity index (χ1n) is 5.49. The third kappa shape index (κ3) is 4.75. The van der Waals surface area contributed by atoms with Gasteiger partial charge in [-0.2, -0.15) is 0 Å². The highest BCUT2D eigenvalue weighted by Gasteiger charge is 2.09. The van der Waals surface area contributed by atoms with Crippen LogP contribution in [0.3, 0.4) is 0 Å². The van der Waals surface area contributed by atoms with Gasteiger partial charge in [-0.05, 0) is 31.5 Å². The van der Waals surface area contributed by atoms with Crippen LogP contribution in [-0.4, -0.2) is 30.8 Å². The van der Waals surface area contributed by atoms with Crippen LogP contribution in [0.2, 0.25) is 0 Å². The summed E-state index contributed by atoms with van der Waals surface area (Å²) in [7, 11) is 0. The quantitative estimate of drug-likeness (QED) is 0.760. The van der Waals surface area contributed by atoms with E-state index >= 15 is 0 Å². The largest absolute Gasteiger partial charge is 0.478 e. The minimum absolute atomic E-state index is 0.274. The summed E-state index contributed by atoms with van der Waals surface area (Å²) < 4.78 is 5.96. The molecule has 0 aliphatic carbocycles. The maximum Gasteiger partial charge on any atom is 0.337 e. The standard InChI is InChI=1S/C12H16BrNO3/c1-2-17-7-3-6-14-11-5-4-9(13)8-10(11)12(15)16/h4-5,8,14H,2-3,6-7H2,1H3,(H,15,16). The van der Waals surface area contributed by atoms with Crippen molar-refractivity contribution in [3.63, 3.8) is 0 Å². The van der Waals surface area contributed by atoms with Gasteiger partial charge in [0.1, 0.15) is 0 Å². The molecule has 5 heteroatoms. The molecule has 17 heavy (non-hydrogen) atoms. The lowest BCUT2D eigenvalue weighted by atomic mass is 10.2. The van der Waals surface area contributed by atoms with Crippen LogP contribution in [0.15, 0.2) is 22.7 Å². The Kier molecular flexibility index (Phi) is 6.00. The van der Waals surface area contributed by atoms with Gasteiger partial charge in [0, 0.05) is 29.9 Å². The van der Waals surface area contributed by atoms with E-state index in [9.17, 15) is 4.79 Å². The molecule has 0 spiro atoms. The molecule has 0 radical (unpaired) electrons. The first kappa shape index (κ1) is 14.0. The van der Waals surface area contributed by atoms with Gasteiger partial charge in [-0.15, -0.1) is 0 Å². The first-order chi connectivity index (χ1) is 8.15. The van der Waals surface area contributed by atoms with E-state index in [4.69, 9.17) is 9.84 Å². The molecule has 2 N–H and O–H groups in total. The second kappa shape index (κ2) is 7.29. The van der Waals surface area contributed by atoms with Gasteiger partial charge in [0.05, 0.1) is 5.56 Å². The van der Waals surface area contributed by atoms with E-state index in [1.54, 1.807) is 12.1 Å². The Morgan fingerprint density at radius 2 is 2.29 bits per heavy atom. The maximum atomic E-state index is 11.0. The third-order valence-electron chi connectivity index (χ3n) is 2.20. The summed E-state index contributed by atoms with van der Waals surface area (Å²) in [6, 6.07) is 5.17. The van der Waals surface area contributed by atoms with E-state index in [1.165, 1.54) is 0 Å². The van der Waals surface area contributed by atoms with Crippen LogP contribution in [-0.2, 0) is 4.74 Å². The first-order valence-corrected chi connectivity index (χ1v) is 6.29. The molecule has 4 nitrogen and oxygen atoms in total. The van der Waals surface area contributed by atoms with Crippen molar-refractivity contribution in [1.29, 1.82) is 0 Å². The number of halogens is 1. The molecule has 0 saturated carbocycles. The van der Waals surface area contributed by atoms with Gasteiger partial charge in [0.15, 0.2) is 0 Å². The summed E-state index contributed by atoms with van der Waals surface area (Å²) in [4.78, 5) is 11.0. The Bertz CT molecular complexity index is 382. The maximum absolute atomic E-state index is 11.0. The fourth-order valence-corrected chi connectivity index (χ4v) is 1.75. The van der Waals surface area contributed by atoms with E-state index in [0.717, 1.165) is 10.9 Å². The molecule has 0 unspecified atom stereocenters. The van der Waals surface area contributed by atoms with Crippen LogP contribution in [0, 0.1) is 0 Å². The van der Waals surface area contributed by atoms with Crippen molar-refractivity contribution in [3.8, 4) is 0 Å². The monoisotopic (exact) mass is 301 g/mol. The highest BCUT2D eigenvalue weighted by atomic mass is 79.9. The van der Waals surface area contributed by atoms with Crippen LogP contribution in [0.4, 0.5) is 5.69 Å². The molecule has 94 valence electrons. The molecule has 0 aliphatic rings. The molecule has 0 saturated heterocycles. The molecule has 0 fully saturated rings. The SMILES string of the molecule is CCOCCCNc1ccc(Br)cc1C(=O)O. The van der Waals surface area contributed by atoms with Gasteiger partial charge in [0.2, 0.25) is 0 Å². The normalized spacial score (nSPS) is 10.2. The molecule has 1 aromatic carbocycles. The summed E-state index contributed by atoms with van der Waals surface area (Å²) in [6.07, 6.45) is 0.850. The molecule has 0 heterocycles. The minimum atomic E-state index is -0.932. The summed E-state index contributed by atoms with van der Waals surface area (Å²) in [6.45, 7) is 4.04. The Labute approximate surface area is 109 Å². The lowest BCUT2D eigenvalue weighted by Crippen LogP contribution is -2.09. The van der Waals surface area contributed by atoms with Gasteiger partial charge in [-0.1, -0.05) is 15.9 Å². The summed E-state index contributed by atoms with van der Waals surface area (Å²) in [5.41, 5.74) is 0.910. The van der Waals surface area contributed by atoms with Gasteiger partial charge in [-0.25, -0.2) is 4.79 Å². The second-order valence-electron chi connectivity index (χ2n) is 3.47. The molecule has 1 rings (SSSR count). The number of hydrogen-bond donors (Lipinski definition) is 2. The number of hydrogen-bond acceptors (Lipinski definition) is 3. The van der Waals surface area contributed by atoms with Crippen molar-refractivity contribution >= 4 is 27.6 Å². The predicted octanol–water partition coefficient (Wildman–Crippen LogP) is 2.99. The van der Waals surface area contributed by atoms with Crippen LogP contribution >= 0.6 is 15.9 Å². The molecular weight excluding hydrogens is 286 g/mol. The van der Waals surface area contributed by atoms with Gasteiger partial charge < -0.3 is 15.2 Å². The molecule has 0 amide bonds.